The normalized spacial score (nSPS) is 12.8. The maximum atomic E-state index is 6.02. The third kappa shape index (κ3) is 3.17. The Balaban J connectivity index is 2.01. The van der Waals surface area contributed by atoms with Crippen LogP contribution in [0.4, 0.5) is 0 Å². The molecule has 0 aromatic carbocycles. The van der Waals surface area contributed by atoms with Crippen molar-refractivity contribution in [3.63, 3.8) is 0 Å². The molecule has 1 atom stereocenters. The van der Waals surface area contributed by atoms with E-state index in [4.69, 9.17) is 5.73 Å². The number of aryl methyl sites for hydroxylation is 1. The molecule has 2 N–H and O–H groups in total. The maximum absolute atomic E-state index is 6.02. The van der Waals surface area contributed by atoms with Crippen LogP contribution in [0.25, 0.3) is 0 Å². The Bertz CT molecular complexity index is 489. The van der Waals surface area contributed by atoms with Crippen molar-refractivity contribution in [1.29, 1.82) is 0 Å². The van der Waals surface area contributed by atoms with Crippen molar-refractivity contribution < 1.29 is 0 Å². The van der Waals surface area contributed by atoms with E-state index in [9.17, 15) is 0 Å². The summed E-state index contributed by atoms with van der Waals surface area (Å²) in [6.45, 7) is 5.09. The molecule has 0 aliphatic heterocycles. The van der Waals surface area contributed by atoms with Crippen molar-refractivity contribution in [3.8, 4) is 0 Å². The summed E-state index contributed by atoms with van der Waals surface area (Å²) < 4.78 is 1.87. The summed E-state index contributed by atoms with van der Waals surface area (Å²) in [6.07, 6.45) is 5.08. The minimum absolute atomic E-state index is 0.0123. The molecule has 0 saturated carbocycles. The molecule has 5 heteroatoms. The molecule has 2 aromatic heterocycles. The van der Waals surface area contributed by atoms with E-state index in [0.717, 1.165) is 31.5 Å². The minimum Gasteiger partial charge on any atom is -0.323 e. The molecule has 0 spiro atoms. The van der Waals surface area contributed by atoms with E-state index in [1.54, 1.807) is 0 Å². The first-order valence-electron chi connectivity index (χ1n) is 6.46. The van der Waals surface area contributed by atoms with Crippen molar-refractivity contribution >= 4 is 11.3 Å². The molecule has 0 bridgehead atoms. The zero-order chi connectivity index (χ0) is 13.0. The molecule has 2 aromatic rings. The van der Waals surface area contributed by atoms with Crippen molar-refractivity contribution in [3.05, 3.63) is 33.8 Å². The van der Waals surface area contributed by atoms with Gasteiger partial charge in [0.1, 0.15) is 0 Å². The monoisotopic (exact) mass is 264 g/mol. The quantitative estimate of drug-likeness (QED) is 0.872. The lowest BCUT2D eigenvalue weighted by molar-refractivity contribution is 0.617. The Kier molecular flexibility index (Phi) is 4.49. The zero-order valence-electron chi connectivity index (χ0n) is 11.0. The van der Waals surface area contributed by atoms with Crippen LogP contribution in [0.1, 0.15) is 48.2 Å². The predicted molar refractivity (Wildman–Crippen MR) is 74.7 cm³/mol. The molecule has 2 heterocycles. The maximum Gasteiger partial charge on any atom is 0.0994 e. The van der Waals surface area contributed by atoms with Gasteiger partial charge in [-0.25, -0.2) is 4.68 Å². The average Bonchev–Trinajstić information content (AvgIpc) is 2.99. The first-order chi connectivity index (χ1) is 8.72. The molecule has 0 saturated heterocycles. The van der Waals surface area contributed by atoms with E-state index in [0.29, 0.717) is 0 Å². The van der Waals surface area contributed by atoms with Crippen LogP contribution >= 0.6 is 11.3 Å². The largest absolute Gasteiger partial charge is 0.323 e. The van der Waals surface area contributed by atoms with E-state index in [2.05, 4.69) is 36.3 Å². The second-order valence-electron chi connectivity index (χ2n) is 4.46. The summed E-state index contributed by atoms with van der Waals surface area (Å²) in [4.78, 5) is 2.72. The van der Waals surface area contributed by atoms with Gasteiger partial charge >= 0.3 is 0 Å². The van der Waals surface area contributed by atoms with Gasteiger partial charge in [0, 0.05) is 9.75 Å². The molecule has 1 unspecified atom stereocenters. The third-order valence-electron chi connectivity index (χ3n) is 2.92. The van der Waals surface area contributed by atoms with Gasteiger partial charge in [0.25, 0.3) is 0 Å². The van der Waals surface area contributed by atoms with Gasteiger partial charge in [-0.05, 0) is 25.0 Å². The van der Waals surface area contributed by atoms with E-state index < -0.39 is 0 Å². The number of thiophene rings is 1. The highest BCUT2D eigenvalue weighted by Crippen LogP contribution is 2.18. The standard InChI is InChI=1S/C13H20N4S/c1-3-5-12(14)13-9-17(16-15-13)8-11-7-6-10(4-2)18-11/h6-7,9,12H,3-5,8,14H2,1-2H3. The van der Waals surface area contributed by atoms with E-state index in [1.807, 2.05) is 22.2 Å². The highest BCUT2D eigenvalue weighted by atomic mass is 32.1. The fraction of sp³-hybridized carbons (Fsp3) is 0.538. The second kappa shape index (κ2) is 6.11. The molecular formula is C13H20N4S. The SMILES string of the molecule is CCCC(N)c1cn(Cc2ccc(CC)s2)nn1. The average molecular weight is 264 g/mol. The van der Waals surface area contributed by atoms with E-state index in [1.165, 1.54) is 9.75 Å². The van der Waals surface area contributed by atoms with Crippen molar-refractivity contribution in [2.24, 2.45) is 5.73 Å². The van der Waals surface area contributed by atoms with E-state index >= 15 is 0 Å². The number of nitrogens with two attached hydrogens (primary N) is 1. The number of rotatable bonds is 6. The summed E-state index contributed by atoms with van der Waals surface area (Å²) >= 11 is 1.84. The van der Waals surface area contributed by atoms with Crippen LogP contribution in [0.3, 0.4) is 0 Å². The molecule has 0 fully saturated rings. The van der Waals surface area contributed by atoms with Gasteiger partial charge in [0.05, 0.1) is 24.5 Å². The molecule has 0 radical (unpaired) electrons. The molecule has 0 amide bonds. The molecule has 18 heavy (non-hydrogen) atoms. The van der Waals surface area contributed by atoms with Crippen LogP contribution < -0.4 is 5.73 Å². The Morgan fingerprint density at radius 3 is 2.78 bits per heavy atom. The fourth-order valence-electron chi connectivity index (χ4n) is 1.88. The summed E-state index contributed by atoms with van der Waals surface area (Å²) in [5.74, 6) is 0. The third-order valence-corrected chi connectivity index (χ3v) is 4.13. The Morgan fingerprint density at radius 2 is 2.11 bits per heavy atom. The number of hydrogen-bond acceptors (Lipinski definition) is 4. The first kappa shape index (κ1) is 13.2. The van der Waals surface area contributed by atoms with Gasteiger partial charge in [0.15, 0.2) is 0 Å². The highest BCUT2D eigenvalue weighted by molar-refractivity contribution is 7.11. The van der Waals surface area contributed by atoms with Gasteiger partial charge in [-0.15, -0.1) is 16.4 Å². The van der Waals surface area contributed by atoms with Gasteiger partial charge in [-0.1, -0.05) is 25.5 Å². The summed E-state index contributed by atoms with van der Waals surface area (Å²) in [5.41, 5.74) is 6.92. The second-order valence-corrected chi connectivity index (χ2v) is 5.71. The van der Waals surface area contributed by atoms with Gasteiger partial charge in [-0.2, -0.15) is 0 Å². The van der Waals surface area contributed by atoms with Gasteiger partial charge < -0.3 is 5.73 Å². The fourth-order valence-corrected chi connectivity index (χ4v) is 2.83. The van der Waals surface area contributed by atoms with Gasteiger partial charge in [0.2, 0.25) is 0 Å². The van der Waals surface area contributed by atoms with E-state index in [-0.39, 0.29) is 6.04 Å². The molecule has 4 nitrogen and oxygen atoms in total. The summed E-state index contributed by atoms with van der Waals surface area (Å²) in [6, 6.07) is 4.36. The van der Waals surface area contributed by atoms with Crippen molar-refractivity contribution in [1.82, 2.24) is 15.0 Å². The smallest absolute Gasteiger partial charge is 0.0994 e. The lowest BCUT2D eigenvalue weighted by atomic mass is 10.1. The molecule has 98 valence electrons. The highest BCUT2D eigenvalue weighted by Gasteiger charge is 2.10. The summed E-state index contributed by atoms with van der Waals surface area (Å²) in [5, 5.41) is 8.29. The molecule has 0 aliphatic rings. The number of nitrogens with zero attached hydrogens (tertiary/aromatic N) is 3. The number of aromatic nitrogens is 3. The molecular weight excluding hydrogens is 244 g/mol. The topological polar surface area (TPSA) is 56.7 Å². The Morgan fingerprint density at radius 1 is 1.33 bits per heavy atom. The Hall–Kier alpha value is -1.20. The van der Waals surface area contributed by atoms with Crippen molar-refractivity contribution in [2.45, 2.75) is 45.7 Å². The van der Waals surface area contributed by atoms with Crippen LogP contribution in [0.15, 0.2) is 18.3 Å². The first-order valence-corrected chi connectivity index (χ1v) is 7.27. The predicted octanol–water partition coefficient (Wildman–Crippen LogP) is 2.75. The van der Waals surface area contributed by atoms with Gasteiger partial charge in [-0.3, -0.25) is 0 Å². The number of hydrogen-bond donors (Lipinski definition) is 1. The lowest BCUT2D eigenvalue weighted by Crippen LogP contribution is -2.10. The van der Waals surface area contributed by atoms with Crippen molar-refractivity contribution in [2.75, 3.05) is 0 Å². The molecule has 0 aliphatic carbocycles. The van der Waals surface area contributed by atoms with Crippen LogP contribution in [0, 0.1) is 0 Å². The van der Waals surface area contributed by atoms with Crippen LogP contribution in [-0.2, 0) is 13.0 Å². The van der Waals surface area contributed by atoms with Crippen LogP contribution in [0.5, 0.6) is 0 Å². The zero-order valence-corrected chi connectivity index (χ0v) is 11.8. The Labute approximate surface area is 112 Å². The van der Waals surface area contributed by atoms with Crippen LogP contribution in [0.2, 0.25) is 0 Å². The minimum atomic E-state index is 0.0123. The molecule has 2 rings (SSSR count). The summed E-state index contributed by atoms with van der Waals surface area (Å²) in [7, 11) is 0. The lowest BCUT2D eigenvalue weighted by Gasteiger charge is -2.04. The van der Waals surface area contributed by atoms with Crippen LogP contribution in [-0.4, -0.2) is 15.0 Å².